The van der Waals surface area contributed by atoms with Gasteiger partial charge in [-0.15, -0.1) is 0 Å². The van der Waals surface area contributed by atoms with Crippen LogP contribution in [-0.4, -0.2) is 30.2 Å². The minimum atomic E-state index is -0.751. The van der Waals surface area contributed by atoms with Crippen molar-refractivity contribution in [2.24, 2.45) is 17.8 Å². The number of nitrogens with one attached hydrogen (secondary N) is 2. The number of anilines is 3. The highest BCUT2D eigenvalue weighted by molar-refractivity contribution is 6.02. The largest absolute Gasteiger partial charge is 0.481 e. The van der Waals surface area contributed by atoms with Gasteiger partial charge in [-0.05, 0) is 90.8 Å². The van der Waals surface area contributed by atoms with E-state index in [4.69, 9.17) is 0 Å². The first kappa shape index (κ1) is 26.1. The summed E-state index contributed by atoms with van der Waals surface area (Å²) >= 11 is 0. The summed E-state index contributed by atoms with van der Waals surface area (Å²) < 4.78 is 0. The van der Waals surface area contributed by atoms with Crippen LogP contribution in [0.2, 0.25) is 0 Å². The Hall–Kier alpha value is -3.02. The molecule has 2 fully saturated rings. The molecule has 0 saturated heterocycles. The highest BCUT2D eigenvalue weighted by Gasteiger charge is 2.44. The number of hydrogen-bond donors (Lipinski definition) is 3. The third kappa shape index (κ3) is 6.21. The Morgan fingerprint density at radius 1 is 1.00 bits per heavy atom. The predicted octanol–water partition coefficient (Wildman–Crippen LogP) is 7.21. The predicted molar refractivity (Wildman–Crippen MR) is 147 cm³/mol. The fourth-order valence-corrected chi connectivity index (χ4v) is 5.31. The van der Waals surface area contributed by atoms with Crippen LogP contribution in [0, 0.1) is 24.7 Å². The molecule has 2 aliphatic rings. The van der Waals surface area contributed by atoms with Crippen LogP contribution in [0.4, 0.5) is 21.9 Å². The molecule has 0 radical (unpaired) electrons. The van der Waals surface area contributed by atoms with Crippen molar-refractivity contribution in [3.8, 4) is 0 Å². The van der Waals surface area contributed by atoms with Gasteiger partial charge in [-0.25, -0.2) is 4.79 Å². The number of hydrogen-bond acceptors (Lipinski definition) is 3. The lowest BCUT2D eigenvalue weighted by atomic mass is 9.78. The minimum absolute atomic E-state index is 0.00550. The molecule has 2 aromatic rings. The van der Waals surface area contributed by atoms with Gasteiger partial charge in [-0.2, -0.15) is 0 Å². The van der Waals surface area contributed by atoms with Crippen molar-refractivity contribution in [3.63, 3.8) is 0 Å². The van der Waals surface area contributed by atoms with Gasteiger partial charge < -0.3 is 20.6 Å². The van der Waals surface area contributed by atoms with E-state index in [1.54, 1.807) is 0 Å². The first-order chi connectivity index (χ1) is 17.1. The van der Waals surface area contributed by atoms with Crippen LogP contribution in [0.5, 0.6) is 0 Å². The fraction of sp³-hybridized carbons (Fsp3) is 0.533. The van der Waals surface area contributed by atoms with Crippen molar-refractivity contribution in [2.45, 2.75) is 72.1 Å². The third-order valence-corrected chi connectivity index (χ3v) is 7.40. The van der Waals surface area contributed by atoms with Gasteiger partial charge in [-0.1, -0.05) is 46.2 Å². The molecule has 3 N–H and O–H groups in total. The fourth-order valence-electron chi connectivity index (χ4n) is 5.31. The van der Waals surface area contributed by atoms with Crippen LogP contribution in [-0.2, 0) is 4.79 Å². The molecule has 0 unspecified atom stereocenters. The van der Waals surface area contributed by atoms with E-state index in [1.165, 1.54) is 30.4 Å². The standard InChI is InChI=1S/C30H41N3O3/c1-18(2)16-33(17-19(3)4)28-12-10-22(25-15-26(25)29(34)35)13-27(28)32-30(36)31-23-11-9-20(5)24(14-23)21-7-6-8-21/h9-14,18-19,21,25-26H,6-8,15-17H2,1-5H3,(H,34,35)(H2,31,32,36)/t25-,26-/m0/s1. The molecule has 36 heavy (non-hydrogen) atoms. The molecule has 194 valence electrons. The van der Waals surface area contributed by atoms with Crippen molar-refractivity contribution < 1.29 is 14.7 Å². The van der Waals surface area contributed by atoms with E-state index < -0.39 is 5.97 Å². The molecule has 6 heteroatoms. The van der Waals surface area contributed by atoms with Crippen molar-refractivity contribution in [1.29, 1.82) is 0 Å². The Bertz CT molecular complexity index is 1100. The van der Waals surface area contributed by atoms with Crippen LogP contribution in [0.1, 0.15) is 81.9 Å². The Morgan fingerprint density at radius 2 is 1.69 bits per heavy atom. The number of amides is 2. The van der Waals surface area contributed by atoms with Crippen LogP contribution in [0.3, 0.4) is 0 Å². The molecule has 0 bridgehead atoms. The zero-order valence-corrected chi connectivity index (χ0v) is 22.3. The number of aliphatic carboxylic acids is 1. The topological polar surface area (TPSA) is 81.7 Å². The molecule has 6 nitrogen and oxygen atoms in total. The number of carbonyl (C=O) groups excluding carboxylic acids is 1. The van der Waals surface area contributed by atoms with Crippen molar-refractivity contribution in [2.75, 3.05) is 28.6 Å². The molecule has 0 heterocycles. The van der Waals surface area contributed by atoms with E-state index in [2.05, 4.69) is 62.3 Å². The normalized spacial score (nSPS) is 19.2. The average Bonchev–Trinajstić information content (AvgIpc) is 3.55. The van der Waals surface area contributed by atoms with E-state index in [1.807, 2.05) is 24.3 Å². The molecule has 2 saturated carbocycles. The number of nitrogens with zero attached hydrogens (tertiary/aromatic N) is 1. The first-order valence-corrected chi connectivity index (χ1v) is 13.4. The van der Waals surface area contributed by atoms with Crippen LogP contribution < -0.4 is 15.5 Å². The van der Waals surface area contributed by atoms with Gasteiger partial charge in [0.1, 0.15) is 0 Å². The number of aryl methyl sites for hydroxylation is 1. The van der Waals surface area contributed by atoms with Gasteiger partial charge in [-0.3, -0.25) is 4.79 Å². The Kier molecular flexibility index (Phi) is 7.91. The van der Waals surface area contributed by atoms with Gasteiger partial charge in [0.05, 0.1) is 17.3 Å². The van der Waals surface area contributed by atoms with Gasteiger partial charge in [0.2, 0.25) is 0 Å². The molecular formula is C30H41N3O3. The summed E-state index contributed by atoms with van der Waals surface area (Å²) in [6, 6.07) is 11.9. The quantitative estimate of drug-likeness (QED) is 0.328. The van der Waals surface area contributed by atoms with E-state index in [0.29, 0.717) is 24.2 Å². The molecule has 0 aromatic heterocycles. The Morgan fingerprint density at radius 3 is 2.25 bits per heavy atom. The van der Waals surface area contributed by atoms with E-state index in [0.717, 1.165) is 35.7 Å². The number of carbonyl (C=O) groups is 2. The van der Waals surface area contributed by atoms with Gasteiger partial charge in [0.25, 0.3) is 0 Å². The number of carboxylic acids is 1. The molecule has 2 aromatic carbocycles. The third-order valence-electron chi connectivity index (χ3n) is 7.40. The lowest BCUT2D eigenvalue weighted by Crippen LogP contribution is -2.32. The highest BCUT2D eigenvalue weighted by Crippen LogP contribution is 2.49. The summed E-state index contributed by atoms with van der Waals surface area (Å²) in [6.45, 7) is 12.7. The Balaban J connectivity index is 1.58. The van der Waals surface area contributed by atoms with Crippen LogP contribution >= 0.6 is 0 Å². The van der Waals surface area contributed by atoms with Gasteiger partial charge >= 0.3 is 12.0 Å². The maximum atomic E-state index is 13.2. The first-order valence-electron chi connectivity index (χ1n) is 13.4. The highest BCUT2D eigenvalue weighted by atomic mass is 16.4. The maximum absolute atomic E-state index is 13.2. The van der Waals surface area contributed by atoms with Crippen molar-refractivity contribution >= 4 is 29.1 Å². The second-order valence-corrected chi connectivity index (χ2v) is 11.5. The molecule has 2 atom stereocenters. The molecule has 0 spiro atoms. The van der Waals surface area contributed by atoms with Gasteiger partial charge in [0.15, 0.2) is 0 Å². The summed E-state index contributed by atoms with van der Waals surface area (Å²) in [5.74, 6) is 0.437. The summed E-state index contributed by atoms with van der Waals surface area (Å²) in [4.78, 5) is 27.0. The lowest BCUT2D eigenvalue weighted by molar-refractivity contribution is -0.138. The Labute approximate surface area is 215 Å². The van der Waals surface area contributed by atoms with E-state index in [9.17, 15) is 14.7 Å². The number of carboxylic acid groups (broad SMARTS) is 1. The summed E-state index contributed by atoms with van der Waals surface area (Å²) in [5, 5.41) is 15.6. The molecular weight excluding hydrogens is 450 g/mol. The molecule has 2 amide bonds. The smallest absolute Gasteiger partial charge is 0.323 e. The van der Waals surface area contributed by atoms with Crippen LogP contribution in [0.25, 0.3) is 0 Å². The second kappa shape index (κ2) is 10.9. The number of benzene rings is 2. The average molecular weight is 492 g/mol. The summed E-state index contributed by atoms with van der Waals surface area (Å²) in [6.07, 6.45) is 4.35. The van der Waals surface area contributed by atoms with Crippen molar-refractivity contribution in [3.05, 3.63) is 53.1 Å². The molecule has 4 rings (SSSR count). The number of urea groups is 1. The minimum Gasteiger partial charge on any atom is -0.481 e. The zero-order valence-electron chi connectivity index (χ0n) is 22.3. The van der Waals surface area contributed by atoms with Crippen LogP contribution in [0.15, 0.2) is 36.4 Å². The SMILES string of the molecule is Cc1ccc(NC(=O)Nc2cc([C@@H]3C[C@@H]3C(=O)O)ccc2N(CC(C)C)CC(C)C)cc1C1CCC1. The summed E-state index contributed by atoms with van der Waals surface area (Å²) in [7, 11) is 0. The summed E-state index contributed by atoms with van der Waals surface area (Å²) in [5.41, 5.74) is 6.08. The van der Waals surface area contributed by atoms with Gasteiger partial charge in [0, 0.05) is 18.8 Å². The molecule has 0 aliphatic heterocycles. The zero-order chi connectivity index (χ0) is 26.0. The maximum Gasteiger partial charge on any atom is 0.323 e. The number of rotatable bonds is 10. The van der Waals surface area contributed by atoms with E-state index in [-0.39, 0.29) is 17.9 Å². The monoisotopic (exact) mass is 491 g/mol. The second-order valence-electron chi connectivity index (χ2n) is 11.5. The molecule has 2 aliphatic carbocycles. The van der Waals surface area contributed by atoms with E-state index >= 15 is 0 Å². The van der Waals surface area contributed by atoms with Crippen molar-refractivity contribution in [1.82, 2.24) is 0 Å². The lowest BCUT2D eigenvalue weighted by Gasteiger charge is -2.31.